The average molecular weight is 340 g/mol. The molecule has 1 saturated carbocycles. The van der Waals surface area contributed by atoms with E-state index in [0.29, 0.717) is 5.82 Å². The van der Waals surface area contributed by atoms with Gasteiger partial charge in [0.2, 0.25) is 0 Å². The van der Waals surface area contributed by atoms with Crippen molar-refractivity contribution in [3.8, 4) is 11.1 Å². The van der Waals surface area contributed by atoms with E-state index in [1.165, 1.54) is 23.9 Å². The minimum absolute atomic E-state index is 0. The van der Waals surface area contributed by atoms with Crippen molar-refractivity contribution in [1.29, 1.82) is 0 Å². The molecule has 4 rings (SSSR count). The minimum atomic E-state index is 0. The van der Waals surface area contributed by atoms with Crippen LogP contribution in [0.2, 0.25) is 0 Å². The quantitative estimate of drug-likeness (QED) is 0.737. The number of aryl methyl sites for hydroxylation is 1. The molecule has 0 unspecified atom stereocenters. The third-order valence-corrected chi connectivity index (χ3v) is 4.96. The van der Waals surface area contributed by atoms with Crippen molar-refractivity contribution in [3.05, 3.63) is 53.9 Å². The molecule has 2 heterocycles. The normalized spacial score (nSPS) is 15.1. The van der Waals surface area contributed by atoms with Gasteiger partial charge in [-0.05, 0) is 37.5 Å². The highest BCUT2D eigenvalue weighted by Gasteiger charge is 2.40. The first-order valence-electron chi connectivity index (χ1n) is 8.27. The van der Waals surface area contributed by atoms with Crippen LogP contribution in [-0.4, -0.2) is 9.97 Å². The zero-order valence-electron chi connectivity index (χ0n) is 14.0. The van der Waals surface area contributed by atoms with Crippen LogP contribution in [-0.2, 0) is 11.8 Å². The second kappa shape index (κ2) is 6.06. The highest BCUT2D eigenvalue weighted by molar-refractivity contribution is 5.94. The first kappa shape index (κ1) is 16.7. The van der Waals surface area contributed by atoms with Gasteiger partial charge in [-0.25, -0.2) is 4.98 Å². The van der Waals surface area contributed by atoms with Crippen molar-refractivity contribution in [1.82, 2.24) is 9.97 Å². The number of aromatic nitrogens is 2. The van der Waals surface area contributed by atoms with Crippen LogP contribution >= 0.6 is 12.4 Å². The molecule has 0 atom stereocenters. The van der Waals surface area contributed by atoms with Gasteiger partial charge < -0.3 is 5.73 Å². The maximum atomic E-state index is 5.86. The number of nitrogens with zero attached hydrogens (tertiary/aromatic N) is 2. The van der Waals surface area contributed by atoms with E-state index < -0.39 is 0 Å². The van der Waals surface area contributed by atoms with Crippen molar-refractivity contribution >= 4 is 29.1 Å². The largest absolute Gasteiger partial charge is 0.384 e. The Labute approximate surface area is 148 Å². The Bertz CT molecular complexity index is 901. The molecule has 3 aromatic rings. The molecule has 3 nitrogen and oxygen atoms in total. The number of hydrogen-bond acceptors (Lipinski definition) is 3. The van der Waals surface area contributed by atoms with Gasteiger partial charge in [-0.1, -0.05) is 38.1 Å². The highest BCUT2D eigenvalue weighted by Crippen LogP contribution is 2.47. The monoisotopic (exact) mass is 339 g/mol. The molecular weight excluding hydrogens is 318 g/mol. The number of para-hydroxylation sites is 1. The van der Waals surface area contributed by atoms with Gasteiger partial charge in [-0.15, -0.1) is 12.4 Å². The lowest BCUT2D eigenvalue weighted by atomic mass is 9.97. The maximum Gasteiger partial charge on any atom is 0.123 e. The smallest absolute Gasteiger partial charge is 0.123 e. The lowest BCUT2D eigenvalue weighted by Crippen LogP contribution is -2.04. The Hall–Kier alpha value is -2.13. The molecule has 24 heavy (non-hydrogen) atoms. The number of hydrogen-bond donors (Lipinski definition) is 1. The zero-order valence-corrected chi connectivity index (χ0v) is 14.9. The summed E-state index contributed by atoms with van der Waals surface area (Å²) in [7, 11) is 0. The van der Waals surface area contributed by atoms with Crippen LogP contribution in [0.5, 0.6) is 0 Å². The van der Waals surface area contributed by atoms with E-state index >= 15 is 0 Å². The lowest BCUT2D eigenvalue weighted by molar-refractivity contribution is 0.756. The van der Waals surface area contributed by atoms with Crippen molar-refractivity contribution in [2.75, 3.05) is 5.73 Å². The molecule has 1 aromatic carbocycles. The summed E-state index contributed by atoms with van der Waals surface area (Å²) < 4.78 is 0. The van der Waals surface area contributed by atoms with Crippen molar-refractivity contribution in [3.63, 3.8) is 0 Å². The number of fused-ring (bicyclic) bond motifs is 1. The van der Waals surface area contributed by atoms with Crippen molar-refractivity contribution in [2.45, 2.75) is 38.5 Å². The van der Waals surface area contributed by atoms with Crippen LogP contribution in [0.3, 0.4) is 0 Å². The van der Waals surface area contributed by atoms with Crippen LogP contribution in [0.25, 0.3) is 22.0 Å². The van der Waals surface area contributed by atoms with Crippen molar-refractivity contribution in [2.24, 2.45) is 0 Å². The second-order valence-electron chi connectivity index (χ2n) is 6.72. The Morgan fingerprint density at radius 1 is 1.00 bits per heavy atom. The van der Waals surface area contributed by atoms with Gasteiger partial charge in [-0.2, -0.15) is 0 Å². The van der Waals surface area contributed by atoms with Gasteiger partial charge in [-0.3, -0.25) is 4.98 Å². The standard InChI is InChI=1S/C20H21N3.ClH/c1-3-16-14(8-10-18(21)22-16)15-6-4-5-13-7-9-17(23-19(13)15)20(2)11-12-20;/h4-10H,3,11-12H2,1-2H3,(H2,21,22);1H. The van der Waals surface area contributed by atoms with Crippen LogP contribution < -0.4 is 5.73 Å². The average Bonchev–Trinajstić information content (AvgIpc) is 3.33. The molecule has 124 valence electrons. The highest BCUT2D eigenvalue weighted by atomic mass is 35.5. The number of pyridine rings is 2. The maximum absolute atomic E-state index is 5.86. The van der Waals surface area contributed by atoms with Crippen LogP contribution in [0, 0.1) is 0 Å². The zero-order chi connectivity index (χ0) is 16.0. The van der Waals surface area contributed by atoms with E-state index in [-0.39, 0.29) is 17.8 Å². The third kappa shape index (κ3) is 2.73. The molecule has 1 aliphatic carbocycles. The lowest BCUT2D eigenvalue weighted by Gasteiger charge is -2.13. The van der Waals surface area contributed by atoms with Gasteiger partial charge >= 0.3 is 0 Å². The fourth-order valence-electron chi connectivity index (χ4n) is 3.18. The van der Waals surface area contributed by atoms with Crippen LogP contribution in [0.4, 0.5) is 5.82 Å². The molecule has 0 saturated heterocycles. The molecule has 1 aliphatic rings. The Morgan fingerprint density at radius 2 is 1.79 bits per heavy atom. The van der Waals surface area contributed by atoms with E-state index in [9.17, 15) is 0 Å². The van der Waals surface area contributed by atoms with E-state index in [0.717, 1.165) is 28.8 Å². The summed E-state index contributed by atoms with van der Waals surface area (Å²) in [5, 5.41) is 1.18. The first-order chi connectivity index (χ1) is 11.1. The van der Waals surface area contributed by atoms with E-state index in [1.807, 2.05) is 6.07 Å². The number of nitrogens with two attached hydrogens (primary N) is 1. The molecule has 0 aliphatic heterocycles. The Balaban J connectivity index is 0.00000169. The van der Waals surface area contributed by atoms with E-state index in [4.69, 9.17) is 10.7 Å². The number of halogens is 1. The summed E-state index contributed by atoms with van der Waals surface area (Å²) in [5.74, 6) is 0.574. The topological polar surface area (TPSA) is 51.8 Å². The van der Waals surface area contributed by atoms with Gasteiger partial charge in [0.25, 0.3) is 0 Å². The third-order valence-electron chi connectivity index (χ3n) is 4.96. The summed E-state index contributed by atoms with van der Waals surface area (Å²) in [5.41, 5.74) is 11.7. The number of benzene rings is 1. The fourth-order valence-corrected chi connectivity index (χ4v) is 3.18. The van der Waals surface area contributed by atoms with E-state index in [1.54, 1.807) is 0 Å². The molecule has 4 heteroatoms. The molecule has 0 radical (unpaired) electrons. The van der Waals surface area contributed by atoms with Crippen LogP contribution in [0.15, 0.2) is 42.5 Å². The summed E-state index contributed by atoms with van der Waals surface area (Å²) in [6.07, 6.45) is 3.32. The van der Waals surface area contributed by atoms with Gasteiger partial charge in [0.1, 0.15) is 5.82 Å². The molecular formula is C20H22ClN3. The molecule has 0 amide bonds. The number of anilines is 1. The van der Waals surface area contributed by atoms with Crippen molar-refractivity contribution < 1.29 is 0 Å². The molecule has 2 N–H and O–H groups in total. The molecule has 0 spiro atoms. The van der Waals surface area contributed by atoms with Gasteiger partial charge in [0.05, 0.1) is 11.2 Å². The van der Waals surface area contributed by atoms with Crippen LogP contribution in [0.1, 0.15) is 38.1 Å². The van der Waals surface area contributed by atoms with Gasteiger partial charge in [0, 0.05) is 27.6 Å². The summed E-state index contributed by atoms with van der Waals surface area (Å²) in [4.78, 5) is 9.53. The first-order valence-corrected chi connectivity index (χ1v) is 8.27. The summed E-state index contributed by atoms with van der Waals surface area (Å²) in [6.45, 7) is 4.41. The fraction of sp³-hybridized carbons (Fsp3) is 0.300. The minimum Gasteiger partial charge on any atom is -0.384 e. The predicted octanol–water partition coefficient (Wildman–Crippen LogP) is 4.91. The Morgan fingerprint density at radius 3 is 2.50 bits per heavy atom. The molecule has 2 aromatic heterocycles. The number of nitrogen functional groups attached to an aromatic ring is 1. The molecule has 1 fully saturated rings. The molecule has 0 bridgehead atoms. The SMILES string of the molecule is CCc1nc(N)ccc1-c1cccc2ccc(C3(C)CC3)nc12.Cl. The van der Waals surface area contributed by atoms with Gasteiger partial charge in [0.15, 0.2) is 0 Å². The number of rotatable bonds is 3. The second-order valence-corrected chi connectivity index (χ2v) is 6.72. The van der Waals surface area contributed by atoms with E-state index in [2.05, 4.69) is 55.2 Å². The summed E-state index contributed by atoms with van der Waals surface area (Å²) in [6, 6.07) is 14.7. The Kier molecular flexibility index (Phi) is 4.22. The summed E-state index contributed by atoms with van der Waals surface area (Å²) >= 11 is 0. The predicted molar refractivity (Wildman–Crippen MR) is 103 cm³/mol.